The maximum absolute atomic E-state index is 15.6. The second-order valence-electron chi connectivity index (χ2n) is 9.60. The van der Waals surface area contributed by atoms with Crippen molar-refractivity contribution in [3.05, 3.63) is 111 Å². The van der Waals surface area contributed by atoms with Gasteiger partial charge in [-0.3, -0.25) is 4.72 Å². The Morgan fingerprint density at radius 3 is 2.49 bits per heavy atom. The minimum Gasteiger partial charge on any atom is -0.422 e. The minimum absolute atomic E-state index is 0.0143. The molecule has 5 rings (SSSR count). The smallest absolute Gasteiger partial charge is 0.414 e. The number of hydrogen-bond donors (Lipinski definition) is 1. The van der Waals surface area contributed by atoms with Gasteiger partial charge >= 0.3 is 11.7 Å². The number of ether oxygens (including phenoxy) is 1. The van der Waals surface area contributed by atoms with Crippen LogP contribution in [0.25, 0.3) is 21.7 Å². The van der Waals surface area contributed by atoms with Crippen LogP contribution in [0.3, 0.4) is 0 Å². The number of carbonyl (C=O) groups excluding carboxylic acids is 1. The van der Waals surface area contributed by atoms with Crippen molar-refractivity contribution >= 4 is 55.1 Å². The molecule has 41 heavy (non-hydrogen) atoms. The molecule has 8 nitrogen and oxygen atoms in total. The zero-order valence-corrected chi connectivity index (χ0v) is 23.8. The van der Waals surface area contributed by atoms with Crippen molar-refractivity contribution in [3.63, 3.8) is 0 Å². The highest BCUT2D eigenvalue weighted by Crippen LogP contribution is 2.33. The Kier molecular flexibility index (Phi) is 7.46. The summed E-state index contributed by atoms with van der Waals surface area (Å²) in [7, 11) is -1.09. The van der Waals surface area contributed by atoms with E-state index in [4.69, 9.17) is 20.8 Å². The summed E-state index contributed by atoms with van der Waals surface area (Å²) in [5.41, 5.74) is -0.0940. The first kappa shape index (κ1) is 28.1. The quantitative estimate of drug-likeness (QED) is 0.225. The van der Waals surface area contributed by atoms with Gasteiger partial charge in [0.2, 0.25) is 0 Å². The third kappa shape index (κ3) is 5.61. The van der Waals surface area contributed by atoms with E-state index in [-0.39, 0.29) is 44.5 Å². The van der Waals surface area contributed by atoms with Crippen LogP contribution >= 0.6 is 11.6 Å². The molecular formula is C30H24ClFN2O6S. The van der Waals surface area contributed by atoms with E-state index in [0.717, 1.165) is 10.8 Å². The summed E-state index contributed by atoms with van der Waals surface area (Å²) in [4.78, 5) is 26.1. The molecule has 0 saturated heterocycles. The molecule has 210 valence electrons. The van der Waals surface area contributed by atoms with Crippen LogP contribution in [0, 0.1) is 12.7 Å². The highest BCUT2D eigenvalue weighted by Gasteiger charge is 2.21. The lowest BCUT2D eigenvalue weighted by atomic mass is 9.99. The highest BCUT2D eigenvalue weighted by atomic mass is 35.5. The third-order valence-electron chi connectivity index (χ3n) is 6.62. The molecule has 0 fully saturated rings. The predicted octanol–water partition coefficient (Wildman–Crippen LogP) is 6.50. The van der Waals surface area contributed by atoms with E-state index in [1.807, 2.05) is 12.1 Å². The number of fused-ring (bicyclic) bond motifs is 2. The fraction of sp³-hybridized carbons (Fsp3) is 0.133. The van der Waals surface area contributed by atoms with Crippen LogP contribution < -0.4 is 15.1 Å². The van der Waals surface area contributed by atoms with Crippen molar-refractivity contribution in [1.29, 1.82) is 0 Å². The van der Waals surface area contributed by atoms with Gasteiger partial charge in [0.1, 0.15) is 5.58 Å². The fourth-order valence-corrected chi connectivity index (χ4v) is 5.68. The number of carbonyl (C=O) groups is 1. The van der Waals surface area contributed by atoms with Gasteiger partial charge < -0.3 is 14.1 Å². The number of rotatable bonds is 6. The van der Waals surface area contributed by atoms with Crippen LogP contribution in [-0.2, 0) is 16.4 Å². The molecule has 0 atom stereocenters. The van der Waals surface area contributed by atoms with Gasteiger partial charge in [0.15, 0.2) is 11.6 Å². The maximum atomic E-state index is 15.6. The number of nitrogens with one attached hydrogen (secondary N) is 1. The van der Waals surface area contributed by atoms with Crippen LogP contribution in [0.1, 0.15) is 16.7 Å². The second kappa shape index (κ2) is 10.9. The zero-order chi connectivity index (χ0) is 29.5. The molecule has 1 aromatic heterocycles. The summed E-state index contributed by atoms with van der Waals surface area (Å²) in [5.74, 6) is -0.801. The minimum atomic E-state index is -4.11. The van der Waals surface area contributed by atoms with E-state index in [1.54, 1.807) is 25.1 Å². The van der Waals surface area contributed by atoms with Crippen molar-refractivity contribution in [2.24, 2.45) is 0 Å². The molecule has 0 bridgehead atoms. The van der Waals surface area contributed by atoms with Crippen LogP contribution in [0.15, 0.2) is 86.9 Å². The van der Waals surface area contributed by atoms with E-state index in [2.05, 4.69) is 4.72 Å². The maximum Gasteiger partial charge on any atom is 0.414 e. The average molecular weight is 595 g/mol. The topological polar surface area (TPSA) is 106 Å². The largest absolute Gasteiger partial charge is 0.422 e. The number of benzene rings is 4. The van der Waals surface area contributed by atoms with E-state index >= 15 is 4.39 Å². The molecule has 0 aliphatic heterocycles. The molecule has 1 amide bonds. The van der Waals surface area contributed by atoms with Gasteiger partial charge in [-0.1, -0.05) is 54.1 Å². The molecule has 0 saturated carbocycles. The second-order valence-corrected chi connectivity index (χ2v) is 11.7. The van der Waals surface area contributed by atoms with Gasteiger partial charge in [0.05, 0.1) is 15.6 Å². The van der Waals surface area contributed by atoms with Gasteiger partial charge in [-0.15, -0.1) is 0 Å². The number of sulfonamides is 1. The molecule has 1 heterocycles. The van der Waals surface area contributed by atoms with Gasteiger partial charge in [0, 0.05) is 37.5 Å². The Balaban J connectivity index is 1.46. The number of hydrogen-bond acceptors (Lipinski definition) is 6. The molecule has 0 aliphatic carbocycles. The Labute approximate surface area is 240 Å². The summed E-state index contributed by atoms with van der Waals surface area (Å²) in [5, 5.41) is 2.19. The van der Waals surface area contributed by atoms with Crippen molar-refractivity contribution < 1.29 is 26.8 Å². The van der Waals surface area contributed by atoms with Crippen molar-refractivity contribution in [2.45, 2.75) is 18.2 Å². The van der Waals surface area contributed by atoms with Crippen LogP contribution in [0.5, 0.6) is 5.75 Å². The standard InChI is InChI=1S/C30H24ClFN2O6S/c1-17-22-15-24(31)27(40-30(36)34(2)3)16-26(22)39-29(35)23(17)14-20-9-6-10-25(28(20)32)33-41(37,38)21-12-11-18-7-4-5-8-19(18)13-21/h4-13,15-16,33H,14H2,1-3H3. The summed E-state index contributed by atoms with van der Waals surface area (Å²) < 4.78 is 54.8. The summed E-state index contributed by atoms with van der Waals surface area (Å²) in [6.45, 7) is 1.67. The van der Waals surface area contributed by atoms with Crippen molar-refractivity contribution in [2.75, 3.05) is 18.8 Å². The lowest BCUT2D eigenvalue weighted by Gasteiger charge is -2.14. The molecular weight excluding hydrogens is 571 g/mol. The number of amides is 1. The number of halogens is 2. The van der Waals surface area contributed by atoms with Gasteiger partial charge in [-0.05, 0) is 53.1 Å². The lowest BCUT2D eigenvalue weighted by Crippen LogP contribution is -2.25. The van der Waals surface area contributed by atoms with Gasteiger partial charge in [0.25, 0.3) is 10.0 Å². The average Bonchev–Trinajstić information content (AvgIpc) is 2.93. The van der Waals surface area contributed by atoms with Gasteiger partial charge in [-0.25, -0.2) is 22.4 Å². The Morgan fingerprint density at radius 1 is 1.02 bits per heavy atom. The molecule has 0 radical (unpaired) electrons. The van der Waals surface area contributed by atoms with Crippen molar-refractivity contribution in [1.82, 2.24) is 4.90 Å². The Morgan fingerprint density at radius 2 is 1.76 bits per heavy atom. The first-order valence-electron chi connectivity index (χ1n) is 12.4. The predicted molar refractivity (Wildman–Crippen MR) is 156 cm³/mol. The van der Waals surface area contributed by atoms with E-state index in [0.29, 0.717) is 10.9 Å². The van der Waals surface area contributed by atoms with Crippen LogP contribution in [0.4, 0.5) is 14.9 Å². The highest BCUT2D eigenvalue weighted by molar-refractivity contribution is 7.92. The van der Waals surface area contributed by atoms with E-state index in [9.17, 15) is 18.0 Å². The van der Waals surface area contributed by atoms with Gasteiger partial charge in [-0.2, -0.15) is 0 Å². The molecule has 11 heteroatoms. The lowest BCUT2D eigenvalue weighted by molar-refractivity contribution is 0.172. The number of aryl methyl sites for hydroxylation is 1. The Hall–Kier alpha value is -4.41. The molecule has 0 spiro atoms. The normalized spacial score (nSPS) is 11.5. The summed E-state index contributed by atoms with van der Waals surface area (Å²) >= 11 is 6.33. The number of nitrogens with zero attached hydrogens (tertiary/aromatic N) is 1. The van der Waals surface area contributed by atoms with Crippen LogP contribution in [-0.4, -0.2) is 33.5 Å². The number of anilines is 1. The van der Waals surface area contributed by atoms with E-state index in [1.165, 1.54) is 61.5 Å². The third-order valence-corrected chi connectivity index (χ3v) is 8.28. The summed E-state index contributed by atoms with van der Waals surface area (Å²) in [6, 6.07) is 19.1. The first-order valence-corrected chi connectivity index (χ1v) is 14.2. The molecule has 0 unspecified atom stereocenters. The van der Waals surface area contributed by atoms with Crippen molar-refractivity contribution in [3.8, 4) is 5.75 Å². The first-order chi connectivity index (χ1) is 19.4. The fourth-order valence-electron chi connectivity index (χ4n) is 4.38. The Bertz CT molecular complexity index is 2010. The summed E-state index contributed by atoms with van der Waals surface area (Å²) in [6.07, 6.45) is -0.829. The molecule has 0 aliphatic rings. The molecule has 5 aromatic rings. The van der Waals surface area contributed by atoms with E-state index < -0.39 is 27.6 Å². The monoisotopic (exact) mass is 594 g/mol. The molecule has 1 N–H and O–H groups in total. The molecule has 4 aromatic carbocycles. The SMILES string of the molecule is Cc1c(Cc2cccc(NS(=O)(=O)c3ccc4ccccc4c3)c2F)c(=O)oc2cc(OC(=O)N(C)C)c(Cl)cc12. The van der Waals surface area contributed by atoms with Crippen LogP contribution in [0.2, 0.25) is 5.02 Å². The zero-order valence-electron chi connectivity index (χ0n) is 22.2.